The second kappa shape index (κ2) is 6.76. The third-order valence-electron chi connectivity index (χ3n) is 2.54. The van der Waals surface area contributed by atoms with Gasteiger partial charge in [-0.05, 0) is 26.7 Å². The first-order chi connectivity index (χ1) is 6.97. The molecule has 0 amide bonds. The maximum atomic E-state index is 11.9. The van der Waals surface area contributed by atoms with Crippen LogP contribution in [0.25, 0.3) is 0 Å². The van der Waals surface area contributed by atoms with Crippen LogP contribution in [0.5, 0.6) is 0 Å². The van der Waals surface area contributed by atoms with E-state index in [2.05, 4.69) is 4.72 Å². The standard InChI is InChI=1S/C9H21N3O2S.ClH/c1-8(2)11-15(13,14)12-6-4-3-5-9(12)7-10;/h8-9,11H,3-7,10H2,1-2H3;1H. The van der Waals surface area contributed by atoms with E-state index in [0.717, 1.165) is 19.3 Å². The molecule has 0 bridgehead atoms. The summed E-state index contributed by atoms with van der Waals surface area (Å²) in [6.45, 7) is 4.63. The van der Waals surface area contributed by atoms with Gasteiger partial charge in [0.05, 0.1) is 0 Å². The van der Waals surface area contributed by atoms with Crippen molar-refractivity contribution >= 4 is 22.6 Å². The van der Waals surface area contributed by atoms with Crippen molar-refractivity contribution in [1.82, 2.24) is 9.03 Å². The summed E-state index contributed by atoms with van der Waals surface area (Å²) in [5.74, 6) is 0. The number of halogens is 1. The number of rotatable bonds is 4. The van der Waals surface area contributed by atoms with E-state index in [9.17, 15) is 8.42 Å². The highest BCUT2D eigenvalue weighted by molar-refractivity contribution is 7.87. The first kappa shape index (κ1) is 16.1. The minimum atomic E-state index is -3.34. The molecule has 5 nitrogen and oxygen atoms in total. The molecule has 0 spiro atoms. The SMILES string of the molecule is CC(C)NS(=O)(=O)N1CCCCC1CN.Cl. The van der Waals surface area contributed by atoms with E-state index >= 15 is 0 Å². The van der Waals surface area contributed by atoms with Crippen molar-refractivity contribution in [3.8, 4) is 0 Å². The Bertz CT molecular complexity index is 295. The number of hydrogen-bond donors (Lipinski definition) is 2. The fourth-order valence-electron chi connectivity index (χ4n) is 1.89. The molecule has 7 heteroatoms. The fourth-order valence-corrected chi connectivity index (χ4v) is 3.58. The third kappa shape index (κ3) is 4.18. The van der Waals surface area contributed by atoms with Crippen molar-refractivity contribution in [2.75, 3.05) is 13.1 Å². The van der Waals surface area contributed by atoms with Gasteiger partial charge >= 0.3 is 0 Å². The molecule has 1 saturated heterocycles. The van der Waals surface area contributed by atoms with Gasteiger partial charge in [0, 0.05) is 25.2 Å². The Morgan fingerprint density at radius 1 is 1.44 bits per heavy atom. The molecule has 0 aromatic rings. The highest BCUT2D eigenvalue weighted by Gasteiger charge is 2.31. The largest absolute Gasteiger partial charge is 0.329 e. The van der Waals surface area contributed by atoms with Crippen molar-refractivity contribution in [3.63, 3.8) is 0 Å². The molecular weight excluding hydrogens is 250 g/mol. The zero-order chi connectivity index (χ0) is 11.5. The van der Waals surface area contributed by atoms with Crippen LogP contribution in [0.15, 0.2) is 0 Å². The second-order valence-electron chi connectivity index (χ2n) is 4.27. The van der Waals surface area contributed by atoms with Crippen LogP contribution in [0.3, 0.4) is 0 Å². The first-order valence-electron chi connectivity index (χ1n) is 5.46. The van der Waals surface area contributed by atoms with Crippen molar-refractivity contribution in [3.05, 3.63) is 0 Å². The van der Waals surface area contributed by atoms with Crippen molar-refractivity contribution in [2.45, 2.75) is 45.2 Å². The highest BCUT2D eigenvalue weighted by Crippen LogP contribution is 2.18. The van der Waals surface area contributed by atoms with Gasteiger partial charge in [0.1, 0.15) is 0 Å². The smallest absolute Gasteiger partial charge is 0.279 e. The average Bonchev–Trinajstić information content (AvgIpc) is 2.16. The first-order valence-corrected chi connectivity index (χ1v) is 6.90. The van der Waals surface area contributed by atoms with Gasteiger partial charge < -0.3 is 5.73 Å². The van der Waals surface area contributed by atoms with Crippen LogP contribution >= 0.6 is 12.4 Å². The molecule has 0 radical (unpaired) electrons. The van der Waals surface area contributed by atoms with Crippen LogP contribution in [0, 0.1) is 0 Å². The Morgan fingerprint density at radius 2 is 2.06 bits per heavy atom. The Balaban J connectivity index is 0.00000225. The molecule has 1 fully saturated rings. The van der Waals surface area contributed by atoms with Gasteiger partial charge in [0.25, 0.3) is 10.2 Å². The Hall–Kier alpha value is 0.120. The summed E-state index contributed by atoms with van der Waals surface area (Å²) in [6.07, 6.45) is 2.86. The molecule has 1 atom stereocenters. The van der Waals surface area contributed by atoms with E-state index in [1.807, 2.05) is 13.8 Å². The highest BCUT2D eigenvalue weighted by atomic mass is 35.5. The molecule has 1 heterocycles. The second-order valence-corrected chi connectivity index (χ2v) is 5.93. The summed E-state index contributed by atoms with van der Waals surface area (Å²) in [7, 11) is -3.34. The number of nitrogens with two attached hydrogens (primary N) is 1. The van der Waals surface area contributed by atoms with Crippen LogP contribution < -0.4 is 10.5 Å². The maximum absolute atomic E-state index is 11.9. The Kier molecular flexibility index (Phi) is 6.81. The third-order valence-corrected chi connectivity index (χ3v) is 4.41. The van der Waals surface area contributed by atoms with Crippen LogP contribution in [0.4, 0.5) is 0 Å². The molecule has 0 aromatic carbocycles. The lowest BCUT2D eigenvalue weighted by Crippen LogP contribution is -2.52. The fraction of sp³-hybridized carbons (Fsp3) is 1.00. The molecule has 0 aromatic heterocycles. The molecule has 0 saturated carbocycles. The number of nitrogens with zero attached hydrogens (tertiary/aromatic N) is 1. The summed E-state index contributed by atoms with van der Waals surface area (Å²) in [4.78, 5) is 0. The minimum Gasteiger partial charge on any atom is -0.329 e. The van der Waals surface area contributed by atoms with Gasteiger partial charge in [0.2, 0.25) is 0 Å². The predicted molar refractivity (Wildman–Crippen MR) is 67.8 cm³/mol. The molecule has 0 aliphatic carbocycles. The average molecular weight is 272 g/mol. The number of piperidine rings is 1. The summed E-state index contributed by atoms with van der Waals surface area (Å²) >= 11 is 0. The van der Waals surface area contributed by atoms with Gasteiger partial charge in [-0.15, -0.1) is 12.4 Å². The summed E-state index contributed by atoms with van der Waals surface area (Å²) < 4.78 is 28.0. The Labute approximate surface area is 104 Å². The summed E-state index contributed by atoms with van der Waals surface area (Å²) in [5, 5.41) is 0. The zero-order valence-electron chi connectivity index (χ0n) is 9.85. The lowest BCUT2D eigenvalue weighted by atomic mass is 10.1. The van der Waals surface area contributed by atoms with Crippen molar-refractivity contribution < 1.29 is 8.42 Å². The maximum Gasteiger partial charge on any atom is 0.279 e. The molecule has 1 rings (SSSR count). The normalized spacial score (nSPS) is 23.1. The van der Waals surface area contributed by atoms with Crippen LogP contribution in [-0.2, 0) is 10.2 Å². The van der Waals surface area contributed by atoms with E-state index in [1.54, 1.807) is 0 Å². The lowest BCUT2D eigenvalue weighted by Gasteiger charge is -2.34. The summed E-state index contributed by atoms with van der Waals surface area (Å²) in [5.41, 5.74) is 5.59. The van der Waals surface area contributed by atoms with Crippen LogP contribution in [0.2, 0.25) is 0 Å². The summed E-state index contributed by atoms with van der Waals surface area (Å²) in [6, 6.07) is -0.106. The molecular formula is C9H22ClN3O2S. The zero-order valence-corrected chi connectivity index (χ0v) is 11.5. The van der Waals surface area contributed by atoms with Crippen molar-refractivity contribution in [1.29, 1.82) is 0 Å². The van der Waals surface area contributed by atoms with Gasteiger partial charge in [-0.3, -0.25) is 0 Å². The molecule has 1 aliphatic heterocycles. The molecule has 16 heavy (non-hydrogen) atoms. The topological polar surface area (TPSA) is 75.4 Å². The van der Waals surface area contributed by atoms with E-state index < -0.39 is 10.2 Å². The van der Waals surface area contributed by atoms with Crippen LogP contribution in [-0.4, -0.2) is 37.9 Å². The van der Waals surface area contributed by atoms with Gasteiger partial charge in [-0.1, -0.05) is 6.42 Å². The monoisotopic (exact) mass is 271 g/mol. The van der Waals surface area contributed by atoms with Crippen molar-refractivity contribution in [2.24, 2.45) is 5.73 Å². The van der Waals surface area contributed by atoms with Gasteiger partial charge in [0.15, 0.2) is 0 Å². The lowest BCUT2D eigenvalue weighted by molar-refractivity contribution is 0.253. The predicted octanol–water partition coefficient (Wildman–Crippen LogP) is 0.464. The Morgan fingerprint density at radius 3 is 2.56 bits per heavy atom. The molecule has 1 aliphatic rings. The van der Waals surface area contributed by atoms with E-state index in [4.69, 9.17) is 5.73 Å². The molecule has 98 valence electrons. The molecule has 1 unspecified atom stereocenters. The molecule has 3 N–H and O–H groups in total. The van der Waals surface area contributed by atoms with E-state index in [1.165, 1.54) is 4.31 Å². The number of hydrogen-bond acceptors (Lipinski definition) is 3. The van der Waals surface area contributed by atoms with E-state index in [-0.39, 0.29) is 24.5 Å². The van der Waals surface area contributed by atoms with Gasteiger partial charge in [-0.2, -0.15) is 17.4 Å². The number of nitrogens with one attached hydrogen (secondary N) is 1. The van der Waals surface area contributed by atoms with Crippen LogP contribution in [0.1, 0.15) is 33.1 Å². The van der Waals surface area contributed by atoms with E-state index in [0.29, 0.717) is 13.1 Å². The minimum absolute atomic E-state index is 0. The quantitative estimate of drug-likeness (QED) is 0.780. The van der Waals surface area contributed by atoms with Gasteiger partial charge in [-0.25, -0.2) is 0 Å².